The topological polar surface area (TPSA) is 98.0 Å². The van der Waals surface area contributed by atoms with Crippen LogP contribution in [0.15, 0.2) is 12.2 Å². The van der Waals surface area contributed by atoms with Crippen LogP contribution in [0.1, 0.15) is 64.2 Å². The monoisotopic (exact) mass is 420 g/mol. The van der Waals surface area contributed by atoms with E-state index in [4.69, 9.17) is 5.11 Å². The Morgan fingerprint density at radius 3 is 2.48 bits per heavy atom. The molecule has 5 nitrogen and oxygen atoms in total. The molecule has 6 heteroatoms. The fraction of sp³-hybridized carbons (Fsp3) is 0.842. The zero-order valence-corrected chi connectivity index (χ0v) is 16.5. The molecule has 1 fully saturated rings. The minimum absolute atomic E-state index is 0.0143. The smallest absolute Gasteiger partial charge is 0.303 e. The van der Waals surface area contributed by atoms with E-state index in [0.717, 1.165) is 43.9 Å². The van der Waals surface area contributed by atoms with Gasteiger partial charge in [0.1, 0.15) is 0 Å². The predicted octanol–water partition coefficient (Wildman–Crippen LogP) is 3.25. The van der Waals surface area contributed by atoms with Crippen molar-refractivity contribution in [2.24, 2.45) is 11.8 Å². The van der Waals surface area contributed by atoms with Gasteiger partial charge in [-0.2, -0.15) is 0 Å². The molecule has 1 unspecified atom stereocenters. The summed E-state index contributed by atoms with van der Waals surface area (Å²) in [6.07, 6.45) is 9.63. The molecular formula is C19H33BrO5. The van der Waals surface area contributed by atoms with E-state index < -0.39 is 24.3 Å². The van der Waals surface area contributed by atoms with E-state index in [2.05, 4.69) is 15.9 Å². The van der Waals surface area contributed by atoms with E-state index in [1.807, 2.05) is 6.08 Å². The highest BCUT2D eigenvalue weighted by atomic mass is 79.9. The van der Waals surface area contributed by atoms with Gasteiger partial charge in [-0.15, -0.1) is 0 Å². The maximum atomic E-state index is 10.5. The van der Waals surface area contributed by atoms with Gasteiger partial charge in [0.2, 0.25) is 0 Å². The zero-order chi connectivity index (χ0) is 18.7. The molecule has 4 N–H and O–H groups in total. The van der Waals surface area contributed by atoms with Gasteiger partial charge in [-0.25, -0.2) is 0 Å². The number of unbranched alkanes of at least 4 members (excludes halogenated alkanes) is 4. The summed E-state index contributed by atoms with van der Waals surface area (Å²) in [7, 11) is 0. The minimum Gasteiger partial charge on any atom is -0.481 e. The van der Waals surface area contributed by atoms with E-state index in [1.165, 1.54) is 0 Å². The van der Waals surface area contributed by atoms with Crippen molar-refractivity contribution in [3.8, 4) is 0 Å². The first-order chi connectivity index (χ1) is 12.0. The van der Waals surface area contributed by atoms with Crippen LogP contribution in [-0.4, -0.2) is 50.0 Å². The lowest BCUT2D eigenvalue weighted by Gasteiger charge is -2.21. The fourth-order valence-corrected chi connectivity index (χ4v) is 3.98. The van der Waals surface area contributed by atoms with Crippen molar-refractivity contribution in [3.63, 3.8) is 0 Å². The summed E-state index contributed by atoms with van der Waals surface area (Å²) >= 11 is 3.37. The molecule has 0 heterocycles. The highest BCUT2D eigenvalue weighted by Gasteiger charge is 2.39. The van der Waals surface area contributed by atoms with Gasteiger partial charge in [0.25, 0.3) is 0 Å². The Bertz CT molecular complexity index is 401. The van der Waals surface area contributed by atoms with Gasteiger partial charge < -0.3 is 20.4 Å². The minimum atomic E-state index is -0.755. The van der Waals surface area contributed by atoms with Crippen LogP contribution in [-0.2, 0) is 4.79 Å². The third-order valence-electron chi connectivity index (χ3n) is 5.03. The summed E-state index contributed by atoms with van der Waals surface area (Å²) in [4.78, 5) is 10.5. The second kappa shape index (κ2) is 12.8. The Morgan fingerprint density at radius 1 is 1.08 bits per heavy atom. The van der Waals surface area contributed by atoms with Crippen LogP contribution in [0.2, 0.25) is 0 Å². The maximum Gasteiger partial charge on any atom is 0.303 e. The third kappa shape index (κ3) is 9.18. The van der Waals surface area contributed by atoms with Crippen molar-refractivity contribution in [1.82, 2.24) is 0 Å². The Labute approximate surface area is 159 Å². The van der Waals surface area contributed by atoms with Crippen LogP contribution < -0.4 is 0 Å². The van der Waals surface area contributed by atoms with Gasteiger partial charge in [-0.3, -0.25) is 4.79 Å². The summed E-state index contributed by atoms with van der Waals surface area (Å²) in [6, 6.07) is 0. The molecule has 1 aliphatic rings. The first kappa shape index (κ1) is 22.6. The summed E-state index contributed by atoms with van der Waals surface area (Å²) in [6.45, 7) is 0. The lowest BCUT2D eigenvalue weighted by Crippen LogP contribution is -2.21. The van der Waals surface area contributed by atoms with Crippen LogP contribution in [0, 0.1) is 11.8 Å². The Balaban J connectivity index is 2.38. The molecule has 5 atom stereocenters. The molecule has 1 saturated carbocycles. The molecule has 0 aromatic rings. The Morgan fingerprint density at radius 2 is 1.80 bits per heavy atom. The average molecular weight is 421 g/mol. The van der Waals surface area contributed by atoms with Crippen LogP contribution in [0.25, 0.3) is 0 Å². The number of aliphatic carboxylic acids is 1. The molecule has 0 aromatic heterocycles. The van der Waals surface area contributed by atoms with Crippen molar-refractivity contribution >= 4 is 21.9 Å². The van der Waals surface area contributed by atoms with Crippen LogP contribution in [0.5, 0.6) is 0 Å². The number of hydrogen-bond donors (Lipinski definition) is 4. The number of aliphatic hydroxyl groups excluding tert-OH is 3. The molecule has 0 aliphatic heterocycles. The van der Waals surface area contributed by atoms with Crippen molar-refractivity contribution in [2.45, 2.75) is 82.5 Å². The van der Waals surface area contributed by atoms with Crippen molar-refractivity contribution in [1.29, 1.82) is 0 Å². The van der Waals surface area contributed by atoms with E-state index >= 15 is 0 Å². The highest BCUT2D eigenvalue weighted by Crippen LogP contribution is 2.37. The van der Waals surface area contributed by atoms with E-state index in [-0.39, 0.29) is 18.3 Å². The van der Waals surface area contributed by atoms with Crippen LogP contribution in [0.4, 0.5) is 0 Å². The number of hydrogen-bond acceptors (Lipinski definition) is 4. The number of aliphatic hydroxyl groups is 3. The SMILES string of the molecule is O=C(O)CCCCCC[C@@H]1[C@@H](C=CC(O)CCCCBr)[C@H](O)C[C@@H]1O. The summed E-state index contributed by atoms with van der Waals surface area (Å²) < 4.78 is 0. The van der Waals surface area contributed by atoms with Crippen molar-refractivity contribution in [3.05, 3.63) is 12.2 Å². The normalized spacial score (nSPS) is 27.8. The number of carbonyl (C=O) groups is 1. The van der Waals surface area contributed by atoms with E-state index in [1.54, 1.807) is 6.08 Å². The van der Waals surface area contributed by atoms with Crippen LogP contribution in [0.3, 0.4) is 0 Å². The lowest BCUT2D eigenvalue weighted by molar-refractivity contribution is -0.137. The lowest BCUT2D eigenvalue weighted by atomic mass is 9.88. The van der Waals surface area contributed by atoms with Crippen LogP contribution >= 0.6 is 15.9 Å². The predicted molar refractivity (Wildman–Crippen MR) is 102 cm³/mol. The molecule has 0 bridgehead atoms. The molecule has 1 aliphatic carbocycles. The van der Waals surface area contributed by atoms with Gasteiger partial charge in [-0.05, 0) is 38.0 Å². The maximum absolute atomic E-state index is 10.5. The highest BCUT2D eigenvalue weighted by molar-refractivity contribution is 9.09. The van der Waals surface area contributed by atoms with Gasteiger partial charge >= 0.3 is 5.97 Å². The second-order valence-electron chi connectivity index (χ2n) is 7.10. The molecule has 0 amide bonds. The Hall–Kier alpha value is -0.430. The van der Waals surface area contributed by atoms with Gasteiger partial charge in [0.05, 0.1) is 18.3 Å². The molecule has 0 spiro atoms. The quantitative estimate of drug-likeness (QED) is 0.208. The third-order valence-corrected chi connectivity index (χ3v) is 5.59. The first-order valence-electron chi connectivity index (χ1n) is 9.46. The molecular weight excluding hydrogens is 388 g/mol. The number of carboxylic acid groups (broad SMARTS) is 1. The van der Waals surface area contributed by atoms with E-state index in [0.29, 0.717) is 19.3 Å². The van der Waals surface area contributed by atoms with Gasteiger partial charge in [0.15, 0.2) is 0 Å². The molecule has 25 heavy (non-hydrogen) atoms. The fourth-order valence-electron chi connectivity index (χ4n) is 3.59. The molecule has 1 rings (SSSR count). The Kier molecular flexibility index (Phi) is 11.6. The largest absolute Gasteiger partial charge is 0.481 e. The van der Waals surface area contributed by atoms with E-state index in [9.17, 15) is 20.1 Å². The van der Waals surface area contributed by atoms with Gasteiger partial charge in [0, 0.05) is 24.1 Å². The van der Waals surface area contributed by atoms with Crippen molar-refractivity contribution in [2.75, 3.05) is 5.33 Å². The molecule has 0 saturated heterocycles. The average Bonchev–Trinajstić information content (AvgIpc) is 2.82. The molecule has 0 aromatic carbocycles. The second-order valence-corrected chi connectivity index (χ2v) is 7.89. The summed E-state index contributed by atoms with van der Waals surface area (Å²) in [5, 5.41) is 40.0. The van der Waals surface area contributed by atoms with Crippen molar-refractivity contribution < 1.29 is 25.2 Å². The summed E-state index contributed by atoms with van der Waals surface area (Å²) in [5.41, 5.74) is 0. The number of halogens is 1. The first-order valence-corrected chi connectivity index (χ1v) is 10.6. The standard InChI is InChI=1S/C19H33BrO5/c20-12-6-5-7-14(21)10-11-16-15(17(22)13-18(16)23)8-3-1-2-4-9-19(24)25/h10-11,14-18,21-23H,1-9,12-13H2,(H,24,25)/t14?,15-,16-,17+,18-/m1/s1. The molecule has 146 valence electrons. The summed E-state index contributed by atoms with van der Waals surface area (Å²) in [5.74, 6) is -0.852. The molecule has 0 radical (unpaired) electrons. The number of alkyl halides is 1. The zero-order valence-electron chi connectivity index (χ0n) is 14.9. The number of carboxylic acids is 1. The van der Waals surface area contributed by atoms with Gasteiger partial charge in [-0.1, -0.05) is 47.3 Å². The number of rotatable bonds is 13.